The van der Waals surface area contributed by atoms with E-state index < -0.39 is 5.54 Å². The van der Waals surface area contributed by atoms with E-state index in [9.17, 15) is 14.4 Å². The molecular weight excluding hydrogens is 286 g/mol. The van der Waals surface area contributed by atoms with Gasteiger partial charge < -0.3 is 10.1 Å². The van der Waals surface area contributed by atoms with Gasteiger partial charge in [0.05, 0.1) is 6.61 Å². The maximum Gasteiger partial charge on any atom is 0.325 e. The van der Waals surface area contributed by atoms with Crippen molar-refractivity contribution in [3.8, 4) is 0 Å². The first-order valence-electron chi connectivity index (χ1n) is 7.91. The largest absolute Gasteiger partial charge is 0.465 e. The van der Waals surface area contributed by atoms with E-state index in [4.69, 9.17) is 4.74 Å². The van der Waals surface area contributed by atoms with Crippen molar-refractivity contribution in [3.05, 3.63) is 0 Å². The first-order valence-corrected chi connectivity index (χ1v) is 7.91. The first kappa shape index (κ1) is 16.7. The van der Waals surface area contributed by atoms with Gasteiger partial charge in [-0.05, 0) is 40.2 Å². The Bertz CT molecular complexity index is 464. The van der Waals surface area contributed by atoms with Gasteiger partial charge in [0.15, 0.2) is 0 Å². The second kappa shape index (κ2) is 6.64. The predicted molar refractivity (Wildman–Crippen MR) is 80.2 cm³/mol. The molecule has 1 atom stereocenters. The maximum absolute atomic E-state index is 12.2. The summed E-state index contributed by atoms with van der Waals surface area (Å²) in [6.07, 6.45) is 2.78. The van der Waals surface area contributed by atoms with Crippen molar-refractivity contribution in [2.24, 2.45) is 0 Å². The van der Waals surface area contributed by atoms with Gasteiger partial charge in [-0.2, -0.15) is 0 Å². The lowest BCUT2D eigenvalue weighted by Gasteiger charge is -2.34. The topological polar surface area (TPSA) is 79.0 Å². The number of likely N-dealkylation sites (tertiary alicyclic amines) is 1. The fourth-order valence-electron chi connectivity index (χ4n) is 3.01. The minimum Gasteiger partial charge on any atom is -0.465 e. The number of nitrogens with one attached hydrogen (secondary N) is 1. The van der Waals surface area contributed by atoms with E-state index in [-0.39, 0.29) is 23.9 Å². The van der Waals surface area contributed by atoms with E-state index in [0.717, 1.165) is 25.8 Å². The molecule has 0 spiro atoms. The Morgan fingerprint density at radius 1 is 1.32 bits per heavy atom. The molecule has 0 saturated carbocycles. The Kier molecular flexibility index (Phi) is 5.05. The number of imide groups is 1. The number of amides is 3. The molecule has 22 heavy (non-hydrogen) atoms. The van der Waals surface area contributed by atoms with Crippen molar-refractivity contribution in [2.75, 3.05) is 26.2 Å². The summed E-state index contributed by atoms with van der Waals surface area (Å²) in [5, 5.41) is 2.66. The van der Waals surface area contributed by atoms with Crippen molar-refractivity contribution in [1.29, 1.82) is 0 Å². The summed E-state index contributed by atoms with van der Waals surface area (Å²) in [4.78, 5) is 39.3. The highest BCUT2D eigenvalue weighted by Crippen LogP contribution is 2.20. The lowest BCUT2D eigenvalue weighted by molar-refractivity contribution is -0.150. The Balaban J connectivity index is 1.95. The number of esters is 1. The third-order valence-electron chi connectivity index (χ3n) is 4.23. The molecule has 2 saturated heterocycles. The molecule has 124 valence electrons. The summed E-state index contributed by atoms with van der Waals surface area (Å²) in [5.74, 6) is -0.429. The number of hydrogen-bond donors (Lipinski definition) is 1. The third kappa shape index (κ3) is 3.40. The van der Waals surface area contributed by atoms with Crippen LogP contribution in [0.4, 0.5) is 4.79 Å². The molecule has 2 fully saturated rings. The highest BCUT2D eigenvalue weighted by molar-refractivity contribution is 6.06. The number of hydrogen-bond acceptors (Lipinski definition) is 5. The zero-order valence-electron chi connectivity index (χ0n) is 13.6. The van der Waals surface area contributed by atoms with Crippen LogP contribution in [-0.2, 0) is 14.3 Å². The fourth-order valence-corrected chi connectivity index (χ4v) is 3.01. The third-order valence-corrected chi connectivity index (χ3v) is 4.23. The van der Waals surface area contributed by atoms with Gasteiger partial charge >= 0.3 is 12.0 Å². The van der Waals surface area contributed by atoms with Gasteiger partial charge in [-0.25, -0.2) is 4.79 Å². The van der Waals surface area contributed by atoms with Crippen molar-refractivity contribution in [3.63, 3.8) is 0 Å². The lowest BCUT2D eigenvalue weighted by Crippen LogP contribution is -2.49. The summed E-state index contributed by atoms with van der Waals surface area (Å²) in [6.45, 7) is 7.12. The molecule has 0 aromatic carbocycles. The summed E-state index contributed by atoms with van der Waals surface area (Å²) in [5.41, 5.74) is -0.848. The summed E-state index contributed by atoms with van der Waals surface area (Å²) in [6, 6.07) is -0.623. The predicted octanol–water partition coefficient (Wildman–Crippen LogP) is 0.734. The van der Waals surface area contributed by atoms with E-state index in [0.29, 0.717) is 19.7 Å². The number of carbonyl (C=O) groups is 3. The number of urea groups is 1. The Labute approximate surface area is 131 Å². The van der Waals surface area contributed by atoms with E-state index in [1.54, 1.807) is 20.8 Å². The molecule has 0 aromatic rings. The second-order valence-electron chi connectivity index (χ2n) is 6.31. The zero-order valence-corrected chi connectivity index (χ0v) is 13.6. The Morgan fingerprint density at radius 2 is 2.05 bits per heavy atom. The first-order chi connectivity index (χ1) is 10.4. The molecule has 7 nitrogen and oxygen atoms in total. The molecule has 2 aliphatic rings. The number of carbonyl (C=O) groups excluding carboxylic acids is 3. The van der Waals surface area contributed by atoms with Crippen molar-refractivity contribution in [1.82, 2.24) is 15.1 Å². The molecule has 0 aliphatic carbocycles. The van der Waals surface area contributed by atoms with E-state index in [1.807, 2.05) is 4.90 Å². The Hall–Kier alpha value is -1.63. The van der Waals surface area contributed by atoms with Gasteiger partial charge in [-0.15, -0.1) is 0 Å². The van der Waals surface area contributed by atoms with Crippen LogP contribution in [0.2, 0.25) is 0 Å². The van der Waals surface area contributed by atoms with Gasteiger partial charge in [-0.3, -0.25) is 19.4 Å². The summed E-state index contributed by atoms with van der Waals surface area (Å²) >= 11 is 0. The van der Waals surface area contributed by atoms with Crippen LogP contribution in [-0.4, -0.2) is 65.5 Å². The van der Waals surface area contributed by atoms with Crippen LogP contribution < -0.4 is 5.32 Å². The second-order valence-corrected chi connectivity index (χ2v) is 6.31. The van der Waals surface area contributed by atoms with Crippen molar-refractivity contribution >= 4 is 17.9 Å². The van der Waals surface area contributed by atoms with Crippen LogP contribution in [0.25, 0.3) is 0 Å². The van der Waals surface area contributed by atoms with Gasteiger partial charge in [0.25, 0.3) is 5.91 Å². The molecule has 7 heteroatoms. The molecule has 0 radical (unpaired) electrons. The van der Waals surface area contributed by atoms with Crippen LogP contribution in [0.5, 0.6) is 0 Å². The molecule has 3 amide bonds. The van der Waals surface area contributed by atoms with Gasteiger partial charge in [0, 0.05) is 13.1 Å². The van der Waals surface area contributed by atoms with Crippen LogP contribution in [0.3, 0.4) is 0 Å². The molecule has 1 unspecified atom stereocenters. The molecular formula is C15H25N3O4. The zero-order chi connectivity index (χ0) is 16.3. The standard InChI is InChI=1S/C15H25N3O4/c1-4-22-12(19)11-7-5-6-8-17(11)9-10-18-13(20)15(2,3)16-14(18)21/h11H,4-10H2,1-3H3,(H,16,21). The van der Waals surface area contributed by atoms with Crippen LogP contribution in [0.1, 0.15) is 40.0 Å². The number of ether oxygens (including phenoxy) is 1. The summed E-state index contributed by atoms with van der Waals surface area (Å²) < 4.78 is 5.12. The van der Waals surface area contributed by atoms with E-state index in [1.165, 1.54) is 4.90 Å². The molecule has 2 aliphatic heterocycles. The molecule has 1 N–H and O–H groups in total. The van der Waals surface area contributed by atoms with E-state index in [2.05, 4.69) is 5.32 Å². The number of piperidine rings is 1. The van der Waals surface area contributed by atoms with Gasteiger partial charge in [0.1, 0.15) is 11.6 Å². The van der Waals surface area contributed by atoms with Gasteiger partial charge in [-0.1, -0.05) is 6.42 Å². The smallest absolute Gasteiger partial charge is 0.325 e. The monoisotopic (exact) mass is 311 g/mol. The molecule has 2 heterocycles. The number of nitrogens with zero attached hydrogens (tertiary/aromatic N) is 2. The van der Waals surface area contributed by atoms with Crippen LogP contribution in [0, 0.1) is 0 Å². The lowest BCUT2D eigenvalue weighted by atomic mass is 10.0. The van der Waals surface area contributed by atoms with Crippen molar-refractivity contribution in [2.45, 2.75) is 51.6 Å². The summed E-state index contributed by atoms with van der Waals surface area (Å²) in [7, 11) is 0. The maximum atomic E-state index is 12.2. The number of rotatable bonds is 5. The molecule has 2 rings (SSSR count). The fraction of sp³-hybridized carbons (Fsp3) is 0.800. The minimum absolute atomic E-state index is 0.209. The average molecular weight is 311 g/mol. The van der Waals surface area contributed by atoms with Crippen LogP contribution >= 0.6 is 0 Å². The molecule has 0 aromatic heterocycles. The Morgan fingerprint density at radius 3 is 2.64 bits per heavy atom. The SMILES string of the molecule is CCOC(=O)C1CCCCN1CCN1C(=O)NC(C)(C)C1=O. The van der Waals surface area contributed by atoms with Gasteiger partial charge in [0.2, 0.25) is 0 Å². The highest BCUT2D eigenvalue weighted by Gasteiger charge is 2.44. The van der Waals surface area contributed by atoms with Crippen LogP contribution in [0.15, 0.2) is 0 Å². The quantitative estimate of drug-likeness (QED) is 0.598. The minimum atomic E-state index is -0.848. The van der Waals surface area contributed by atoms with Crippen molar-refractivity contribution < 1.29 is 19.1 Å². The molecule has 0 bridgehead atoms. The average Bonchev–Trinajstić information content (AvgIpc) is 2.66. The highest BCUT2D eigenvalue weighted by atomic mass is 16.5. The normalized spacial score (nSPS) is 25.2. The van der Waals surface area contributed by atoms with E-state index >= 15 is 0 Å².